The Bertz CT molecular complexity index is 2010. The maximum atomic E-state index is 13.6. The number of ether oxygens (including phenoxy) is 1. The van der Waals surface area contributed by atoms with Gasteiger partial charge in [-0.3, -0.25) is 9.59 Å². The van der Waals surface area contributed by atoms with Crippen molar-refractivity contribution in [2.45, 2.75) is 230 Å². The minimum atomic E-state index is -0.284. The van der Waals surface area contributed by atoms with Crippen molar-refractivity contribution in [1.82, 2.24) is 0 Å². The molecule has 1 N–H and O–H groups in total. The van der Waals surface area contributed by atoms with Crippen LogP contribution in [-0.4, -0.2) is 29.6 Å². The second kappa shape index (κ2) is 15.3. The highest BCUT2D eigenvalue weighted by molar-refractivity contribution is 5.86. The molecule has 0 heterocycles. The number of Topliss-reactive ketones (excluding diaryl/α,β-unsaturated/α-hetero) is 1. The third-order valence-corrected chi connectivity index (χ3v) is 27.4. The summed E-state index contributed by atoms with van der Waals surface area (Å²) in [5, 5.41) is 11.1. The minimum absolute atomic E-state index is 0.0558. The molecule has 0 aliphatic heterocycles. The first-order valence-electron chi connectivity index (χ1n) is 28.5. The molecule has 0 aromatic carbocycles. The number of rotatable bonds is 13. The van der Waals surface area contributed by atoms with Crippen LogP contribution in [0.5, 0.6) is 0 Å². The maximum Gasteiger partial charge on any atom is 0.312 e. The number of esters is 1. The van der Waals surface area contributed by atoms with Crippen molar-refractivity contribution >= 4 is 11.8 Å². The average Bonchev–Trinajstić information content (AvgIpc) is 4.08. The Balaban J connectivity index is 0.681. The van der Waals surface area contributed by atoms with Crippen molar-refractivity contribution in [3.05, 3.63) is 24.3 Å². The third kappa shape index (κ3) is 6.08. The molecular weight excluding hydrogens is 809 g/mol. The van der Waals surface area contributed by atoms with E-state index in [4.69, 9.17) is 4.74 Å². The molecule has 0 amide bonds. The van der Waals surface area contributed by atoms with Crippen molar-refractivity contribution < 1.29 is 19.4 Å². The maximum absolute atomic E-state index is 13.6. The summed E-state index contributed by atoms with van der Waals surface area (Å²) < 4.78 is 6.07. The van der Waals surface area contributed by atoms with E-state index in [-0.39, 0.29) is 34.7 Å². The summed E-state index contributed by atoms with van der Waals surface area (Å²) in [5.74, 6) is 5.96. The molecule has 4 spiro atoms. The monoisotopic (exact) mass is 907 g/mol. The third-order valence-electron chi connectivity index (χ3n) is 27.4. The molecule has 0 aromatic heterocycles. The lowest BCUT2D eigenvalue weighted by Crippen LogP contribution is -2.57. The summed E-state index contributed by atoms with van der Waals surface area (Å²) in [5.41, 5.74) is 5.69. The molecule has 4 heteroatoms. The van der Waals surface area contributed by atoms with E-state index in [1.54, 1.807) is 0 Å². The fourth-order valence-electron chi connectivity index (χ4n) is 22.7. The smallest absolute Gasteiger partial charge is 0.312 e. The fraction of sp³-hybridized carbons (Fsp3) is 0.903. The van der Waals surface area contributed by atoms with Crippen LogP contribution >= 0.6 is 0 Å². The van der Waals surface area contributed by atoms with Gasteiger partial charge in [-0.15, -0.1) is 0 Å². The molecule has 0 saturated heterocycles. The van der Waals surface area contributed by atoms with Crippen molar-refractivity contribution in [3.63, 3.8) is 0 Å². The van der Waals surface area contributed by atoms with Gasteiger partial charge in [-0.2, -0.15) is 0 Å². The number of ketones is 1. The van der Waals surface area contributed by atoms with Gasteiger partial charge in [0.15, 0.2) is 0 Å². The predicted molar refractivity (Wildman–Crippen MR) is 269 cm³/mol. The van der Waals surface area contributed by atoms with Crippen LogP contribution in [0.1, 0.15) is 224 Å². The Labute approximate surface area is 404 Å². The zero-order valence-corrected chi connectivity index (χ0v) is 44.7. The lowest BCUT2D eigenvalue weighted by Gasteiger charge is -2.63. The van der Waals surface area contributed by atoms with Crippen LogP contribution in [0, 0.1) is 113 Å². The van der Waals surface area contributed by atoms with Gasteiger partial charge in [0.1, 0.15) is 5.78 Å². The van der Waals surface area contributed by atoms with Crippen LogP contribution in [0.3, 0.4) is 0 Å². The SMILES string of the molecule is C=C(CCC(C)C1CCC2(C)C3CCC4C(C)(C)[C@@H](O)CC[C@@]45C[C@@]35CC[C@]12C)C(C)COC(=O)C(C)C(=C)CCC(C)C1CCC2(C)C3CCC4C(C)(C)C(=O)CC[C@@]45C[C@@]35CC[C@]12C. The van der Waals surface area contributed by atoms with E-state index >= 15 is 0 Å². The van der Waals surface area contributed by atoms with Crippen LogP contribution in [0.4, 0.5) is 0 Å². The van der Waals surface area contributed by atoms with Gasteiger partial charge >= 0.3 is 5.97 Å². The zero-order chi connectivity index (χ0) is 47.6. The van der Waals surface area contributed by atoms with E-state index < -0.39 is 0 Å². The Morgan fingerprint density at radius 2 is 1.06 bits per heavy atom. The topological polar surface area (TPSA) is 63.6 Å². The molecule has 0 radical (unpaired) electrons. The van der Waals surface area contributed by atoms with Gasteiger partial charge in [-0.25, -0.2) is 0 Å². The van der Waals surface area contributed by atoms with E-state index in [2.05, 4.69) is 89.3 Å². The van der Waals surface area contributed by atoms with Crippen molar-refractivity contribution in [2.75, 3.05) is 6.61 Å². The highest BCUT2D eigenvalue weighted by Gasteiger charge is 2.84. The summed E-state index contributed by atoms with van der Waals surface area (Å²) >= 11 is 0. The molecule has 0 aromatic rings. The van der Waals surface area contributed by atoms with Crippen molar-refractivity contribution in [3.8, 4) is 0 Å². The molecule has 66 heavy (non-hydrogen) atoms. The Morgan fingerprint density at radius 3 is 1.61 bits per heavy atom. The van der Waals surface area contributed by atoms with Crippen LogP contribution < -0.4 is 0 Å². The average molecular weight is 907 g/mol. The Morgan fingerprint density at radius 1 is 0.591 bits per heavy atom. The summed E-state index contributed by atoms with van der Waals surface area (Å²) in [4.78, 5) is 26.7. The molecule has 12 unspecified atom stereocenters. The second-order valence-electron chi connectivity index (χ2n) is 29.4. The van der Waals surface area contributed by atoms with Crippen molar-refractivity contribution in [2.24, 2.45) is 113 Å². The Kier molecular flexibility index (Phi) is 11.2. The quantitative estimate of drug-likeness (QED) is 0.148. The molecule has 0 bridgehead atoms. The van der Waals surface area contributed by atoms with Gasteiger partial charge < -0.3 is 9.84 Å². The van der Waals surface area contributed by atoms with Crippen LogP contribution in [0.15, 0.2) is 24.3 Å². The molecule has 10 rings (SSSR count). The van der Waals surface area contributed by atoms with Gasteiger partial charge in [-0.05, 0) is 238 Å². The zero-order valence-electron chi connectivity index (χ0n) is 44.7. The number of aliphatic hydroxyl groups excluding tert-OH is 1. The summed E-state index contributed by atoms with van der Waals surface area (Å²) in [6.07, 6.45) is 27.4. The van der Waals surface area contributed by atoms with Crippen LogP contribution in [0.25, 0.3) is 0 Å². The second-order valence-corrected chi connectivity index (χ2v) is 29.4. The van der Waals surface area contributed by atoms with E-state index in [0.29, 0.717) is 85.3 Å². The van der Waals surface area contributed by atoms with Crippen molar-refractivity contribution in [1.29, 1.82) is 0 Å². The van der Waals surface area contributed by atoms with Crippen LogP contribution in [-0.2, 0) is 14.3 Å². The van der Waals surface area contributed by atoms with Gasteiger partial charge in [0.25, 0.3) is 0 Å². The summed E-state index contributed by atoms with van der Waals surface area (Å²) in [6, 6.07) is 0. The molecule has 370 valence electrons. The molecule has 19 atom stereocenters. The number of carbonyl (C=O) groups excluding carboxylic acids is 2. The van der Waals surface area contributed by atoms with Gasteiger partial charge in [0, 0.05) is 17.8 Å². The first-order valence-corrected chi connectivity index (χ1v) is 28.5. The first-order chi connectivity index (χ1) is 30.8. The highest BCUT2D eigenvalue weighted by atomic mass is 16.5. The predicted octanol–water partition coefficient (Wildman–Crippen LogP) is 15.6. The normalized spacial score (nSPS) is 50.6. The standard InChI is InChI=1S/C62H98O4/c1-38(15-17-40(3)44-23-27-57(13)48-21-19-46-53(7,8)50(63)25-29-59(46)36-61(48,59)33-31-55(44,57)11)42(5)35-66-52(65)43(6)39(2)16-18-41(4)45-24-28-58(14)49-22-20-47-54(9,10)51(64)26-30-60(47)37-62(49,60)34-32-56(45,58)12/h40-50,63H,1-2,15-37H2,3-14H3/t40?,41?,42?,43?,44?,45?,46?,47?,48?,49?,50-,55+,56+,57?,58?,59+,60+,61-,62-/m0/s1. The summed E-state index contributed by atoms with van der Waals surface area (Å²) in [6.45, 7) is 39.0. The molecule has 10 saturated carbocycles. The largest absolute Gasteiger partial charge is 0.465 e. The minimum Gasteiger partial charge on any atom is -0.465 e. The van der Waals surface area contributed by atoms with Crippen LogP contribution in [0.2, 0.25) is 0 Å². The van der Waals surface area contributed by atoms with E-state index in [9.17, 15) is 14.7 Å². The molecular formula is C62H98O4. The number of carbonyl (C=O) groups is 2. The highest BCUT2D eigenvalue weighted by Crippen LogP contribution is 2.90. The number of aliphatic hydroxyl groups is 1. The number of fused-ring (bicyclic) bond motifs is 4. The molecule has 10 aliphatic rings. The first kappa shape index (κ1) is 48.2. The summed E-state index contributed by atoms with van der Waals surface area (Å²) in [7, 11) is 0. The molecule has 10 fully saturated rings. The molecule has 10 aliphatic carbocycles. The Hall–Kier alpha value is -1.42. The number of hydrogen-bond donors (Lipinski definition) is 1. The van der Waals surface area contributed by atoms with E-state index in [1.807, 2.05) is 6.92 Å². The van der Waals surface area contributed by atoms with E-state index in [0.717, 1.165) is 61.9 Å². The lowest BCUT2D eigenvalue weighted by molar-refractivity contribution is -0.161. The lowest BCUT2D eigenvalue weighted by atomic mass is 9.41. The van der Waals surface area contributed by atoms with E-state index in [1.165, 1.54) is 108 Å². The van der Waals surface area contributed by atoms with Gasteiger partial charge in [0.2, 0.25) is 0 Å². The van der Waals surface area contributed by atoms with Gasteiger partial charge in [-0.1, -0.05) is 100 Å². The number of hydrogen-bond acceptors (Lipinski definition) is 4. The molecule has 4 nitrogen and oxygen atoms in total. The fourth-order valence-corrected chi connectivity index (χ4v) is 22.7. The van der Waals surface area contributed by atoms with Gasteiger partial charge in [0.05, 0.1) is 18.6 Å².